The SMILES string of the molecule is O=C(N/N=C/c1cc(-c2ccccc2)n(-c2ccc([N+](=O)[O-])cc2)c1-c1ccccc1)c1ccc([N+](=O)[O-])cc1. The van der Waals surface area contributed by atoms with Crippen LogP contribution in [0, 0.1) is 20.2 Å². The summed E-state index contributed by atoms with van der Waals surface area (Å²) in [6, 6.07) is 32.7. The predicted octanol–water partition coefficient (Wildman–Crippen LogP) is 6.39. The minimum atomic E-state index is -0.537. The van der Waals surface area contributed by atoms with Gasteiger partial charge in [-0.3, -0.25) is 25.0 Å². The number of hydrogen-bond acceptors (Lipinski definition) is 6. The smallest absolute Gasteiger partial charge is 0.271 e. The Morgan fingerprint density at radius 3 is 1.80 bits per heavy atom. The first-order chi connectivity index (χ1) is 19.4. The fraction of sp³-hybridized carbons (Fsp3) is 0. The number of hydrogen-bond donors (Lipinski definition) is 1. The Bertz CT molecular complexity index is 1710. The van der Waals surface area contributed by atoms with Gasteiger partial charge in [-0.1, -0.05) is 60.7 Å². The minimum absolute atomic E-state index is 0.0193. The monoisotopic (exact) mass is 531 g/mol. The molecule has 0 spiro atoms. The minimum Gasteiger partial charge on any atom is -0.309 e. The summed E-state index contributed by atoms with van der Waals surface area (Å²) >= 11 is 0. The Morgan fingerprint density at radius 1 is 0.725 bits per heavy atom. The van der Waals surface area contributed by atoms with Crippen LogP contribution in [0.15, 0.2) is 120 Å². The van der Waals surface area contributed by atoms with Crippen LogP contribution in [-0.2, 0) is 0 Å². The quantitative estimate of drug-likeness (QED) is 0.141. The number of carbonyl (C=O) groups is 1. The second-order valence-electron chi connectivity index (χ2n) is 8.68. The van der Waals surface area contributed by atoms with Gasteiger partial charge in [-0.05, 0) is 41.5 Å². The fourth-order valence-electron chi connectivity index (χ4n) is 4.29. The lowest BCUT2D eigenvalue weighted by Crippen LogP contribution is -2.17. The van der Waals surface area contributed by atoms with Gasteiger partial charge in [0.05, 0.1) is 27.4 Å². The van der Waals surface area contributed by atoms with E-state index in [0.717, 1.165) is 22.5 Å². The molecule has 1 amide bonds. The summed E-state index contributed by atoms with van der Waals surface area (Å²) in [5.74, 6) is -0.523. The highest BCUT2D eigenvalue weighted by molar-refractivity contribution is 5.97. The molecule has 1 N–H and O–H groups in total. The van der Waals surface area contributed by atoms with E-state index >= 15 is 0 Å². The maximum absolute atomic E-state index is 12.6. The second-order valence-corrected chi connectivity index (χ2v) is 8.68. The normalized spacial score (nSPS) is 10.9. The molecule has 5 rings (SSSR count). The molecule has 0 fully saturated rings. The van der Waals surface area contributed by atoms with Crippen molar-refractivity contribution >= 4 is 23.5 Å². The number of nitrogens with one attached hydrogen (secondary N) is 1. The molecule has 0 aliphatic rings. The van der Waals surface area contributed by atoms with Gasteiger partial charge in [0.1, 0.15) is 0 Å². The van der Waals surface area contributed by atoms with Gasteiger partial charge < -0.3 is 4.57 Å². The van der Waals surface area contributed by atoms with Crippen molar-refractivity contribution in [2.45, 2.75) is 0 Å². The van der Waals surface area contributed by atoms with Crippen LogP contribution >= 0.6 is 0 Å². The zero-order valence-electron chi connectivity index (χ0n) is 20.9. The molecule has 0 bridgehead atoms. The van der Waals surface area contributed by atoms with Crippen LogP contribution in [0.5, 0.6) is 0 Å². The van der Waals surface area contributed by atoms with Gasteiger partial charge in [0.15, 0.2) is 0 Å². The summed E-state index contributed by atoms with van der Waals surface area (Å²) in [6.45, 7) is 0. The van der Waals surface area contributed by atoms with Crippen molar-refractivity contribution in [3.63, 3.8) is 0 Å². The van der Waals surface area contributed by atoms with Crippen molar-refractivity contribution in [3.05, 3.63) is 147 Å². The molecule has 0 aliphatic heterocycles. The van der Waals surface area contributed by atoms with Gasteiger partial charge in [0, 0.05) is 41.1 Å². The summed E-state index contributed by atoms with van der Waals surface area (Å²) in [5, 5.41) is 26.3. The molecule has 0 atom stereocenters. The fourth-order valence-corrected chi connectivity index (χ4v) is 4.29. The van der Waals surface area contributed by atoms with Crippen LogP contribution in [0.4, 0.5) is 11.4 Å². The molecule has 5 aromatic rings. The van der Waals surface area contributed by atoms with E-state index in [1.54, 1.807) is 12.1 Å². The summed E-state index contributed by atoms with van der Waals surface area (Å²) in [7, 11) is 0. The molecule has 0 radical (unpaired) electrons. The van der Waals surface area contributed by atoms with E-state index in [0.29, 0.717) is 11.3 Å². The van der Waals surface area contributed by atoms with Gasteiger partial charge in [-0.2, -0.15) is 5.10 Å². The van der Waals surface area contributed by atoms with E-state index in [2.05, 4.69) is 10.5 Å². The second kappa shape index (κ2) is 11.2. The van der Waals surface area contributed by atoms with Crippen molar-refractivity contribution in [2.24, 2.45) is 5.10 Å². The van der Waals surface area contributed by atoms with Gasteiger partial charge in [0.25, 0.3) is 17.3 Å². The number of hydrazone groups is 1. The molecule has 1 aromatic heterocycles. The predicted molar refractivity (Wildman–Crippen MR) is 151 cm³/mol. The molecular formula is C30H21N5O5. The van der Waals surface area contributed by atoms with Crippen LogP contribution in [0.3, 0.4) is 0 Å². The number of non-ortho nitro benzene ring substituents is 2. The lowest BCUT2D eigenvalue weighted by molar-refractivity contribution is -0.385. The third kappa shape index (κ3) is 5.36. The van der Waals surface area contributed by atoms with Crippen LogP contribution in [0.25, 0.3) is 28.2 Å². The van der Waals surface area contributed by atoms with E-state index in [-0.39, 0.29) is 16.9 Å². The maximum Gasteiger partial charge on any atom is 0.271 e. The zero-order valence-corrected chi connectivity index (χ0v) is 20.9. The number of benzene rings is 4. The number of nitrogens with zero attached hydrogens (tertiary/aromatic N) is 4. The van der Waals surface area contributed by atoms with E-state index in [1.165, 1.54) is 42.6 Å². The highest BCUT2D eigenvalue weighted by Crippen LogP contribution is 2.35. The van der Waals surface area contributed by atoms with E-state index in [1.807, 2.05) is 71.3 Å². The van der Waals surface area contributed by atoms with Gasteiger partial charge in [-0.25, -0.2) is 5.43 Å². The highest BCUT2D eigenvalue weighted by atomic mass is 16.6. The summed E-state index contributed by atoms with van der Waals surface area (Å²) in [6.07, 6.45) is 1.53. The third-order valence-electron chi connectivity index (χ3n) is 6.18. The number of amides is 1. The molecule has 0 saturated heterocycles. The molecule has 10 nitrogen and oxygen atoms in total. The maximum atomic E-state index is 12.6. The lowest BCUT2D eigenvalue weighted by Gasteiger charge is -2.15. The van der Waals surface area contributed by atoms with Crippen LogP contribution in [0.1, 0.15) is 15.9 Å². The van der Waals surface area contributed by atoms with Crippen molar-refractivity contribution in [1.82, 2.24) is 9.99 Å². The Morgan fingerprint density at radius 2 is 1.25 bits per heavy atom. The molecule has 0 aliphatic carbocycles. The number of rotatable bonds is 8. The van der Waals surface area contributed by atoms with Gasteiger partial charge in [-0.15, -0.1) is 0 Å². The van der Waals surface area contributed by atoms with Crippen molar-refractivity contribution in [1.29, 1.82) is 0 Å². The van der Waals surface area contributed by atoms with Gasteiger partial charge >= 0.3 is 0 Å². The molecule has 196 valence electrons. The van der Waals surface area contributed by atoms with Crippen LogP contribution < -0.4 is 5.43 Å². The number of nitro benzene ring substituents is 2. The summed E-state index contributed by atoms with van der Waals surface area (Å²) in [4.78, 5) is 33.8. The van der Waals surface area contributed by atoms with E-state index in [9.17, 15) is 25.0 Å². The molecular weight excluding hydrogens is 510 g/mol. The van der Waals surface area contributed by atoms with Crippen LogP contribution in [-0.4, -0.2) is 26.5 Å². The Hall–Kier alpha value is -5.90. The van der Waals surface area contributed by atoms with Crippen molar-refractivity contribution in [2.75, 3.05) is 0 Å². The molecule has 40 heavy (non-hydrogen) atoms. The number of nitro groups is 2. The number of carbonyl (C=O) groups excluding carboxylic acids is 1. The number of aromatic nitrogens is 1. The zero-order chi connectivity index (χ0) is 28.1. The largest absolute Gasteiger partial charge is 0.309 e. The highest BCUT2D eigenvalue weighted by Gasteiger charge is 2.19. The van der Waals surface area contributed by atoms with Crippen molar-refractivity contribution in [3.8, 4) is 28.2 Å². The topological polar surface area (TPSA) is 133 Å². The lowest BCUT2D eigenvalue weighted by atomic mass is 10.1. The third-order valence-corrected chi connectivity index (χ3v) is 6.18. The summed E-state index contributed by atoms with van der Waals surface area (Å²) < 4.78 is 1.99. The Labute approximate surface area is 228 Å². The molecule has 4 aromatic carbocycles. The summed E-state index contributed by atoms with van der Waals surface area (Å²) in [5.41, 5.74) is 7.32. The molecule has 1 heterocycles. The molecule has 0 saturated carbocycles. The Balaban J connectivity index is 1.59. The van der Waals surface area contributed by atoms with E-state index < -0.39 is 15.8 Å². The first-order valence-electron chi connectivity index (χ1n) is 12.1. The molecule has 0 unspecified atom stereocenters. The Kier molecular flexibility index (Phi) is 7.23. The average Bonchev–Trinajstić information content (AvgIpc) is 3.37. The first kappa shape index (κ1) is 25.7. The average molecular weight is 532 g/mol. The van der Waals surface area contributed by atoms with Crippen molar-refractivity contribution < 1.29 is 14.6 Å². The van der Waals surface area contributed by atoms with Crippen LogP contribution in [0.2, 0.25) is 0 Å². The van der Waals surface area contributed by atoms with E-state index in [4.69, 9.17) is 0 Å². The molecule has 10 heteroatoms. The van der Waals surface area contributed by atoms with Gasteiger partial charge in [0.2, 0.25) is 0 Å². The standard InChI is InChI=1S/C30H21N5O5/c36-30(23-11-13-26(14-12-23)34(37)38)32-31-20-24-19-28(21-7-3-1-4-8-21)33(29(24)22-9-5-2-6-10-22)25-15-17-27(18-16-25)35(39)40/h1-20H,(H,32,36)/b31-20+. The first-order valence-corrected chi connectivity index (χ1v) is 12.1.